The van der Waals surface area contributed by atoms with Crippen LogP contribution in [0, 0.1) is 0 Å². The van der Waals surface area contributed by atoms with Gasteiger partial charge in [0, 0.05) is 38.2 Å². The summed E-state index contributed by atoms with van der Waals surface area (Å²) in [4.78, 5) is 10.8. The molecule has 0 amide bonds. The fourth-order valence-corrected chi connectivity index (χ4v) is 9.86. The van der Waals surface area contributed by atoms with Crippen LogP contribution in [-0.4, -0.2) is 19.1 Å². The molecule has 62 heavy (non-hydrogen) atoms. The van der Waals surface area contributed by atoms with Gasteiger partial charge in [0.25, 0.3) is 0 Å². The van der Waals surface area contributed by atoms with E-state index >= 15 is 0 Å². The highest BCUT2D eigenvalue weighted by Crippen LogP contribution is 2.41. The van der Waals surface area contributed by atoms with Crippen LogP contribution in [0.1, 0.15) is 0 Å². The van der Waals surface area contributed by atoms with Gasteiger partial charge >= 0.3 is 0 Å². The van der Waals surface area contributed by atoms with Gasteiger partial charge in [0.05, 0.1) is 33.3 Å². The lowest BCUT2D eigenvalue weighted by molar-refractivity contribution is 1.01. The summed E-state index contributed by atoms with van der Waals surface area (Å²) in [5, 5.41) is 10.7. The molecular formula is C58H36N4. The van der Waals surface area contributed by atoms with Gasteiger partial charge in [-0.2, -0.15) is 0 Å². The molecule has 13 rings (SSSR count). The molecule has 3 aromatic heterocycles. The Morgan fingerprint density at radius 2 is 0.903 bits per heavy atom. The Bertz CT molecular complexity index is 3910. The highest BCUT2D eigenvalue weighted by Gasteiger charge is 2.21. The lowest BCUT2D eigenvalue weighted by Crippen LogP contribution is -2.03. The molecule has 0 spiro atoms. The average molecular weight is 789 g/mol. The van der Waals surface area contributed by atoms with Crippen molar-refractivity contribution in [1.29, 1.82) is 0 Å². The van der Waals surface area contributed by atoms with Crippen LogP contribution in [0.2, 0.25) is 0 Å². The van der Waals surface area contributed by atoms with E-state index in [-0.39, 0.29) is 0 Å². The van der Waals surface area contributed by atoms with Crippen molar-refractivity contribution in [3.63, 3.8) is 0 Å². The maximum absolute atomic E-state index is 5.49. The molecule has 0 atom stereocenters. The molecule has 13 aromatic rings. The highest BCUT2D eigenvalue weighted by atomic mass is 15.2. The SMILES string of the molecule is c1ccc(-c2ccccc2-c2ccc(-c3nc(-n4c5ccc(-n6c7ccccc7c7cc8ccccc8cc76)cc5c5c6ccccc6ccc54)nc4ccccc34)cc2)cc1. The quantitative estimate of drug-likeness (QED) is 0.174. The Hall–Kier alpha value is -8.34. The Morgan fingerprint density at radius 3 is 1.71 bits per heavy atom. The van der Waals surface area contributed by atoms with Crippen molar-refractivity contribution in [2.24, 2.45) is 0 Å². The van der Waals surface area contributed by atoms with Crippen molar-refractivity contribution in [3.05, 3.63) is 218 Å². The molecule has 0 bridgehead atoms. The lowest BCUT2D eigenvalue weighted by atomic mass is 9.93. The minimum absolute atomic E-state index is 0.642. The second kappa shape index (κ2) is 13.6. The third-order valence-corrected chi connectivity index (χ3v) is 12.7. The Kier molecular flexibility index (Phi) is 7.57. The van der Waals surface area contributed by atoms with Crippen LogP contribution in [-0.2, 0) is 0 Å². The Morgan fingerprint density at radius 1 is 0.306 bits per heavy atom. The second-order valence-corrected chi connectivity index (χ2v) is 16.2. The van der Waals surface area contributed by atoms with Gasteiger partial charge in [0.1, 0.15) is 0 Å². The third kappa shape index (κ3) is 5.27. The smallest absolute Gasteiger partial charge is 0.235 e. The van der Waals surface area contributed by atoms with Gasteiger partial charge in [-0.3, -0.25) is 4.57 Å². The number of hydrogen-bond acceptors (Lipinski definition) is 2. The number of rotatable bonds is 5. The minimum atomic E-state index is 0.642. The van der Waals surface area contributed by atoms with Gasteiger partial charge < -0.3 is 4.57 Å². The largest absolute Gasteiger partial charge is 0.309 e. The topological polar surface area (TPSA) is 35.6 Å². The summed E-state index contributed by atoms with van der Waals surface area (Å²) in [6, 6.07) is 78.6. The summed E-state index contributed by atoms with van der Waals surface area (Å²) in [6.07, 6.45) is 0. The van der Waals surface area contributed by atoms with Crippen molar-refractivity contribution in [2.75, 3.05) is 0 Å². The molecule has 0 unspecified atom stereocenters. The molecule has 0 aliphatic rings. The van der Waals surface area contributed by atoms with Crippen molar-refractivity contribution in [1.82, 2.24) is 19.1 Å². The normalized spacial score (nSPS) is 11.9. The minimum Gasteiger partial charge on any atom is -0.309 e. The van der Waals surface area contributed by atoms with Crippen LogP contribution in [0.5, 0.6) is 0 Å². The zero-order valence-corrected chi connectivity index (χ0v) is 33.6. The summed E-state index contributed by atoms with van der Waals surface area (Å²) < 4.78 is 4.69. The van der Waals surface area contributed by atoms with Crippen LogP contribution in [0.3, 0.4) is 0 Å². The van der Waals surface area contributed by atoms with E-state index in [0.717, 1.165) is 49.8 Å². The van der Waals surface area contributed by atoms with Crippen molar-refractivity contribution < 1.29 is 0 Å². The van der Waals surface area contributed by atoms with Gasteiger partial charge in [-0.25, -0.2) is 9.97 Å². The zero-order valence-electron chi connectivity index (χ0n) is 33.6. The molecule has 288 valence electrons. The molecule has 0 fully saturated rings. The van der Waals surface area contributed by atoms with E-state index in [0.29, 0.717) is 5.95 Å². The number of para-hydroxylation sites is 2. The number of hydrogen-bond donors (Lipinski definition) is 0. The van der Waals surface area contributed by atoms with E-state index in [9.17, 15) is 0 Å². The lowest BCUT2D eigenvalue weighted by Gasteiger charge is -2.13. The maximum atomic E-state index is 5.49. The first-order chi connectivity index (χ1) is 30.7. The Balaban J connectivity index is 1.03. The van der Waals surface area contributed by atoms with E-state index in [4.69, 9.17) is 9.97 Å². The number of fused-ring (bicyclic) bond motifs is 10. The van der Waals surface area contributed by atoms with Crippen LogP contribution >= 0.6 is 0 Å². The molecule has 3 heterocycles. The zero-order chi connectivity index (χ0) is 40.7. The van der Waals surface area contributed by atoms with Crippen molar-refractivity contribution in [3.8, 4) is 45.1 Å². The van der Waals surface area contributed by atoms with Gasteiger partial charge in [-0.15, -0.1) is 0 Å². The van der Waals surface area contributed by atoms with Gasteiger partial charge in [-0.05, 0) is 92.3 Å². The Labute approximate surface area is 357 Å². The third-order valence-electron chi connectivity index (χ3n) is 12.7. The molecule has 0 radical (unpaired) electrons. The summed E-state index contributed by atoms with van der Waals surface area (Å²) in [7, 11) is 0. The molecule has 0 saturated heterocycles. The molecule has 4 nitrogen and oxygen atoms in total. The predicted octanol–water partition coefficient (Wildman–Crippen LogP) is 15.1. The van der Waals surface area contributed by atoms with E-state index in [1.54, 1.807) is 0 Å². The molecule has 0 saturated carbocycles. The summed E-state index contributed by atoms with van der Waals surface area (Å²) >= 11 is 0. The average Bonchev–Trinajstić information content (AvgIpc) is 3.85. The standard InChI is InChI=1S/C58H36N4/c1-2-14-37(15-3-1)44-19-8-9-20-45(44)39-26-28-40(29-27-39)57-48-23-10-12-24-51(48)59-58(60-57)62-53-33-31-43(36-50(53)56-46-21-7-6-16-38(46)30-32-54(56)62)61-52-25-13-11-22-47(52)49-34-41-17-4-5-18-42(41)35-55(49)61/h1-36H. The van der Waals surface area contributed by atoms with Crippen LogP contribution in [0.15, 0.2) is 218 Å². The molecule has 0 N–H and O–H groups in total. The molecule has 10 aromatic carbocycles. The monoisotopic (exact) mass is 788 g/mol. The highest BCUT2D eigenvalue weighted by molar-refractivity contribution is 6.22. The van der Waals surface area contributed by atoms with Gasteiger partial charge in [0.2, 0.25) is 5.95 Å². The summed E-state index contributed by atoms with van der Waals surface area (Å²) in [5.41, 5.74) is 13.2. The van der Waals surface area contributed by atoms with Crippen molar-refractivity contribution >= 4 is 76.1 Å². The second-order valence-electron chi connectivity index (χ2n) is 16.2. The first kappa shape index (κ1) is 34.5. The fourth-order valence-electron chi connectivity index (χ4n) is 9.86. The molecular weight excluding hydrogens is 753 g/mol. The van der Waals surface area contributed by atoms with Crippen LogP contribution in [0.4, 0.5) is 0 Å². The molecule has 0 aliphatic carbocycles. The van der Waals surface area contributed by atoms with Gasteiger partial charge in [-0.1, -0.05) is 170 Å². The first-order valence-corrected chi connectivity index (χ1v) is 21.2. The van der Waals surface area contributed by atoms with Gasteiger partial charge in [0.15, 0.2) is 0 Å². The first-order valence-electron chi connectivity index (χ1n) is 21.2. The van der Waals surface area contributed by atoms with Crippen LogP contribution < -0.4 is 0 Å². The molecule has 0 aliphatic heterocycles. The number of nitrogens with zero attached hydrogens (tertiary/aromatic N) is 4. The number of benzene rings is 10. The van der Waals surface area contributed by atoms with Crippen molar-refractivity contribution in [2.45, 2.75) is 0 Å². The summed E-state index contributed by atoms with van der Waals surface area (Å²) in [5.74, 6) is 0.642. The number of aromatic nitrogens is 4. The molecule has 4 heteroatoms. The predicted molar refractivity (Wildman–Crippen MR) is 260 cm³/mol. The van der Waals surface area contributed by atoms with E-state index < -0.39 is 0 Å². The summed E-state index contributed by atoms with van der Waals surface area (Å²) in [6.45, 7) is 0. The van der Waals surface area contributed by atoms with E-state index in [1.165, 1.54) is 65.4 Å². The van der Waals surface area contributed by atoms with E-state index in [1.807, 2.05) is 0 Å². The van der Waals surface area contributed by atoms with Crippen LogP contribution in [0.25, 0.3) is 121 Å². The van der Waals surface area contributed by atoms with E-state index in [2.05, 4.69) is 228 Å². The fraction of sp³-hybridized carbons (Fsp3) is 0. The maximum Gasteiger partial charge on any atom is 0.235 e.